The van der Waals surface area contributed by atoms with Crippen molar-refractivity contribution >= 4 is 29.5 Å². The summed E-state index contributed by atoms with van der Waals surface area (Å²) in [6.45, 7) is 1.82. The predicted molar refractivity (Wildman–Crippen MR) is 111 cm³/mol. The van der Waals surface area contributed by atoms with Crippen molar-refractivity contribution in [3.63, 3.8) is 0 Å². The Kier molecular flexibility index (Phi) is 5.08. The number of amides is 5. The predicted octanol–water partition coefficient (Wildman–Crippen LogP) is 1.26. The number of carbonyl (C=O) groups excluding carboxylic acids is 5. The van der Waals surface area contributed by atoms with Gasteiger partial charge in [0, 0.05) is 26.1 Å². The van der Waals surface area contributed by atoms with E-state index in [0.717, 1.165) is 43.6 Å². The van der Waals surface area contributed by atoms with Crippen molar-refractivity contribution < 1.29 is 28.7 Å². The molecule has 1 N–H and O–H groups in total. The van der Waals surface area contributed by atoms with E-state index in [1.54, 1.807) is 17.0 Å². The van der Waals surface area contributed by atoms with Gasteiger partial charge in [0.2, 0.25) is 11.8 Å². The fourth-order valence-corrected chi connectivity index (χ4v) is 5.29. The quantitative estimate of drug-likeness (QED) is 0.695. The molecule has 1 unspecified atom stereocenters. The lowest BCUT2D eigenvalue weighted by Gasteiger charge is -2.44. The number of rotatable bonds is 2. The molecule has 9 nitrogen and oxygen atoms in total. The van der Waals surface area contributed by atoms with Crippen LogP contribution in [0.4, 0.5) is 0 Å². The number of imide groups is 2. The van der Waals surface area contributed by atoms with Crippen molar-refractivity contribution in [1.29, 1.82) is 0 Å². The van der Waals surface area contributed by atoms with Crippen LogP contribution >= 0.6 is 0 Å². The van der Waals surface area contributed by atoms with E-state index in [-0.39, 0.29) is 41.0 Å². The van der Waals surface area contributed by atoms with Crippen LogP contribution in [-0.4, -0.2) is 70.7 Å². The highest BCUT2D eigenvalue weighted by atomic mass is 16.5. The number of nitrogens with one attached hydrogen (secondary N) is 1. The molecule has 0 saturated carbocycles. The molecule has 4 aliphatic rings. The van der Waals surface area contributed by atoms with Gasteiger partial charge in [-0.15, -0.1) is 0 Å². The molecule has 5 rings (SSSR count). The number of benzene rings is 1. The van der Waals surface area contributed by atoms with Gasteiger partial charge in [-0.3, -0.25) is 34.2 Å². The van der Waals surface area contributed by atoms with E-state index in [0.29, 0.717) is 13.1 Å². The minimum Gasteiger partial charge on any atom is -0.375 e. The standard InChI is InChI=1S/C23H25N3O6/c27-17-7-6-16(19(28)24-17)26-21(30)15-5-3-4-14(18(15)22(26)31)20(29)25-11-9-23(10-12-25)8-1-2-13-32-23/h3-5,16H,1-2,6-13H2,(H,24,27,28). The molecule has 0 aromatic heterocycles. The summed E-state index contributed by atoms with van der Waals surface area (Å²) in [5.41, 5.74) is 0.189. The molecule has 1 aromatic rings. The van der Waals surface area contributed by atoms with Crippen LogP contribution in [-0.2, 0) is 14.3 Å². The molecule has 168 valence electrons. The molecule has 32 heavy (non-hydrogen) atoms. The molecule has 0 bridgehead atoms. The molecule has 5 amide bonds. The summed E-state index contributed by atoms with van der Waals surface area (Å²) >= 11 is 0. The van der Waals surface area contributed by atoms with E-state index in [4.69, 9.17) is 4.74 Å². The normalized spacial score (nSPS) is 25.2. The van der Waals surface area contributed by atoms with Crippen LogP contribution < -0.4 is 5.32 Å². The van der Waals surface area contributed by atoms with Crippen LogP contribution in [0.25, 0.3) is 0 Å². The second-order valence-electron chi connectivity index (χ2n) is 8.96. The largest absolute Gasteiger partial charge is 0.375 e. The maximum Gasteiger partial charge on any atom is 0.263 e. The second-order valence-corrected chi connectivity index (χ2v) is 8.96. The second kappa shape index (κ2) is 7.81. The fraction of sp³-hybridized carbons (Fsp3) is 0.522. The Morgan fingerprint density at radius 1 is 1.03 bits per heavy atom. The summed E-state index contributed by atoms with van der Waals surface area (Å²) in [5.74, 6) is -2.66. The van der Waals surface area contributed by atoms with Gasteiger partial charge in [0.25, 0.3) is 17.7 Å². The first kappa shape index (κ1) is 20.8. The van der Waals surface area contributed by atoms with Gasteiger partial charge in [-0.25, -0.2) is 0 Å². The van der Waals surface area contributed by atoms with Crippen molar-refractivity contribution in [1.82, 2.24) is 15.1 Å². The molecule has 4 heterocycles. The van der Waals surface area contributed by atoms with Crippen molar-refractivity contribution in [2.45, 2.75) is 56.6 Å². The highest BCUT2D eigenvalue weighted by Gasteiger charge is 2.47. The third-order valence-electron chi connectivity index (χ3n) is 7.10. The number of hydrogen-bond acceptors (Lipinski definition) is 6. The molecule has 1 atom stereocenters. The maximum absolute atomic E-state index is 13.4. The molecule has 1 aromatic carbocycles. The van der Waals surface area contributed by atoms with Gasteiger partial charge in [0.05, 0.1) is 22.3 Å². The van der Waals surface area contributed by atoms with Crippen molar-refractivity contribution in [2.75, 3.05) is 19.7 Å². The smallest absolute Gasteiger partial charge is 0.263 e. The summed E-state index contributed by atoms with van der Waals surface area (Å²) in [6, 6.07) is 3.59. The highest BCUT2D eigenvalue weighted by molar-refractivity contribution is 6.26. The van der Waals surface area contributed by atoms with E-state index in [9.17, 15) is 24.0 Å². The zero-order valence-electron chi connectivity index (χ0n) is 17.7. The van der Waals surface area contributed by atoms with E-state index in [1.165, 1.54) is 6.07 Å². The minimum atomic E-state index is -1.05. The maximum atomic E-state index is 13.4. The zero-order valence-corrected chi connectivity index (χ0v) is 17.7. The SMILES string of the molecule is O=C1CCC(N2C(=O)c3cccc(C(=O)N4CCC5(CCCCO5)CC4)c3C2=O)C(=O)N1. The van der Waals surface area contributed by atoms with Crippen LogP contribution in [0.3, 0.4) is 0 Å². The Labute approximate surface area is 185 Å². The monoisotopic (exact) mass is 439 g/mol. The number of hydrogen-bond donors (Lipinski definition) is 1. The summed E-state index contributed by atoms with van der Waals surface area (Å²) in [4.78, 5) is 65.9. The third-order valence-corrected chi connectivity index (χ3v) is 7.10. The van der Waals surface area contributed by atoms with E-state index < -0.39 is 29.7 Å². The number of likely N-dealkylation sites (tertiary alicyclic amines) is 1. The van der Waals surface area contributed by atoms with Gasteiger partial charge in [0.15, 0.2) is 0 Å². The molecule has 3 saturated heterocycles. The van der Waals surface area contributed by atoms with E-state index in [2.05, 4.69) is 5.32 Å². The molecular weight excluding hydrogens is 414 g/mol. The van der Waals surface area contributed by atoms with Gasteiger partial charge in [-0.05, 0) is 50.7 Å². The van der Waals surface area contributed by atoms with E-state index in [1.807, 2.05) is 0 Å². The number of fused-ring (bicyclic) bond motifs is 1. The molecule has 0 radical (unpaired) electrons. The molecule has 4 aliphatic heterocycles. The van der Waals surface area contributed by atoms with Crippen molar-refractivity contribution in [2.24, 2.45) is 0 Å². The Hall–Kier alpha value is -3.07. The lowest BCUT2D eigenvalue weighted by Crippen LogP contribution is -2.54. The lowest BCUT2D eigenvalue weighted by atomic mass is 9.84. The number of nitrogens with zero attached hydrogens (tertiary/aromatic N) is 2. The molecule has 1 spiro atoms. The minimum absolute atomic E-state index is 0.0430. The van der Waals surface area contributed by atoms with Crippen LogP contribution in [0.1, 0.15) is 76.0 Å². The summed E-state index contributed by atoms with van der Waals surface area (Å²) in [7, 11) is 0. The fourth-order valence-electron chi connectivity index (χ4n) is 5.29. The lowest BCUT2D eigenvalue weighted by molar-refractivity contribution is -0.136. The number of carbonyl (C=O) groups is 5. The summed E-state index contributed by atoms with van der Waals surface area (Å²) in [6.07, 6.45) is 4.84. The van der Waals surface area contributed by atoms with Gasteiger partial charge < -0.3 is 9.64 Å². The van der Waals surface area contributed by atoms with Crippen LogP contribution in [0.15, 0.2) is 18.2 Å². The first-order valence-corrected chi connectivity index (χ1v) is 11.2. The van der Waals surface area contributed by atoms with Crippen LogP contribution in [0.5, 0.6) is 0 Å². The Morgan fingerprint density at radius 3 is 2.50 bits per heavy atom. The van der Waals surface area contributed by atoms with E-state index >= 15 is 0 Å². The van der Waals surface area contributed by atoms with Gasteiger partial charge in [-0.1, -0.05) is 6.07 Å². The van der Waals surface area contributed by atoms with Crippen LogP contribution in [0.2, 0.25) is 0 Å². The molecule has 0 aliphatic carbocycles. The Bertz CT molecular complexity index is 1020. The van der Waals surface area contributed by atoms with Gasteiger partial charge in [0.1, 0.15) is 6.04 Å². The van der Waals surface area contributed by atoms with Gasteiger partial charge >= 0.3 is 0 Å². The summed E-state index contributed by atoms with van der Waals surface area (Å²) < 4.78 is 6.04. The third kappa shape index (κ3) is 3.31. The van der Waals surface area contributed by atoms with Crippen LogP contribution in [0, 0.1) is 0 Å². The molecule has 9 heteroatoms. The first-order valence-electron chi connectivity index (χ1n) is 11.2. The van der Waals surface area contributed by atoms with Crippen molar-refractivity contribution in [3.8, 4) is 0 Å². The van der Waals surface area contributed by atoms with Crippen molar-refractivity contribution in [3.05, 3.63) is 34.9 Å². The average molecular weight is 439 g/mol. The first-order chi connectivity index (χ1) is 15.4. The summed E-state index contributed by atoms with van der Waals surface area (Å²) in [5, 5.41) is 2.18. The van der Waals surface area contributed by atoms with Gasteiger partial charge in [-0.2, -0.15) is 0 Å². The average Bonchev–Trinajstić information content (AvgIpc) is 3.05. The highest BCUT2D eigenvalue weighted by Crippen LogP contribution is 2.36. The molecule has 3 fully saturated rings. The Morgan fingerprint density at radius 2 is 1.81 bits per heavy atom. The zero-order chi connectivity index (χ0) is 22.5. The topological polar surface area (TPSA) is 113 Å². The molecular formula is C23H25N3O6. The number of piperidine rings is 2. The number of ether oxygens (including phenoxy) is 1. The Balaban J connectivity index is 1.38.